The number of benzene rings is 2. The summed E-state index contributed by atoms with van der Waals surface area (Å²) in [6, 6.07) is 11.3. The zero-order chi connectivity index (χ0) is 26.1. The molecule has 36 heavy (non-hydrogen) atoms. The number of nitro benzene ring substituents is 1. The third-order valence-corrected chi connectivity index (χ3v) is 9.13. The summed E-state index contributed by atoms with van der Waals surface area (Å²) in [6.07, 6.45) is 0.725. The number of fused-ring (bicyclic) bond motifs is 1. The fourth-order valence-corrected chi connectivity index (χ4v) is 5.74. The Morgan fingerprint density at radius 3 is 2.11 bits per heavy atom. The maximum atomic E-state index is 13.6. The van der Waals surface area contributed by atoms with E-state index in [0.29, 0.717) is 23.6 Å². The number of hydrogen-bond acceptors (Lipinski definition) is 7. The van der Waals surface area contributed by atoms with Crippen LogP contribution >= 0.6 is 31.9 Å². The molecular weight excluding hydrogens is 602 g/mol. The Kier molecular flexibility index (Phi) is 7.55. The van der Waals surface area contributed by atoms with Crippen LogP contribution in [0.3, 0.4) is 0 Å². The predicted octanol–water partition coefficient (Wildman–Crippen LogP) is 3.77. The third kappa shape index (κ3) is 4.79. The van der Waals surface area contributed by atoms with E-state index in [4.69, 9.17) is 4.74 Å². The van der Waals surface area contributed by atoms with Gasteiger partial charge in [-0.3, -0.25) is 29.3 Å². The Bertz CT molecular complexity index is 1210. The summed E-state index contributed by atoms with van der Waals surface area (Å²) < 4.78 is 5.10. The van der Waals surface area contributed by atoms with E-state index in [0.717, 1.165) is 11.1 Å². The summed E-state index contributed by atoms with van der Waals surface area (Å²) in [7, 11) is 1.48. The van der Waals surface area contributed by atoms with Gasteiger partial charge in [-0.1, -0.05) is 44.0 Å². The summed E-state index contributed by atoms with van der Waals surface area (Å²) in [6.45, 7) is -0.663. The first-order chi connectivity index (χ1) is 17.1. The molecule has 0 radical (unpaired) electrons. The quantitative estimate of drug-likeness (QED) is 0.151. The van der Waals surface area contributed by atoms with Crippen molar-refractivity contribution in [3.8, 4) is 5.75 Å². The minimum absolute atomic E-state index is 0.0595. The minimum atomic E-state index is -0.990. The molecule has 2 aromatic carbocycles. The van der Waals surface area contributed by atoms with E-state index in [9.17, 15) is 29.3 Å². The molecule has 4 atom stereocenters. The monoisotopic (exact) mass is 621 g/mol. The number of Topliss-reactive ketones (excluding diaryl/α,β-unsaturated/α-hetero) is 1. The zero-order valence-electron chi connectivity index (χ0n) is 19.0. The van der Waals surface area contributed by atoms with Crippen LogP contribution in [0.15, 0.2) is 48.5 Å². The average Bonchev–Trinajstić information content (AvgIpc) is 3.11. The second-order valence-electron chi connectivity index (χ2n) is 8.49. The van der Waals surface area contributed by atoms with Gasteiger partial charge in [0, 0.05) is 21.3 Å². The molecule has 0 N–H and O–H groups in total. The van der Waals surface area contributed by atoms with E-state index in [1.165, 1.54) is 37.4 Å². The number of hydrogen-bond donors (Lipinski definition) is 0. The van der Waals surface area contributed by atoms with Gasteiger partial charge in [-0.05, 0) is 43.2 Å². The summed E-state index contributed by atoms with van der Waals surface area (Å²) in [5.74, 6) is -3.60. The molecule has 1 aliphatic heterocycles. The maximum absolute atomic E-state index is 13.6. The van der Waals surface area contributed by atoms with Crippen LogP contribution in [0.4, 0.5) is 5.69 Å². The first kappa shape index (κ1) is 26.0. The molecule has 1 heterocycles. The van der Waals surface area contributed by atoms with Crippen LogP contribution in [0.1, 0.15) is 33.6 Å². The zero-order valence-corrected chi connectivity index (χ0v) is 22.2. The summed E-state index contributed by atoms with van der Waals surface area (Å²) in [4.78, 5) is 64.4. The van der Waals surface area contributed by atoms with Crippen molar-refractivity contribution in [3.05, 3.63) is 69.8 Å². The molecule has 2 aliphatic rings. The number of halogens is 2. The van der Waals surface area contributed by atoms with Crippen LogP contribution in [0.5, 0.6) is 5.75 Å². The average molecular weight is 623 g/mol. The van der Waals surface area contributed by atoms with E-state index < -0.39 is 52.5 Å². The van der Waals surface area contributed by atoms with Gasteiger partial charge < -0.3 is 4.74 Å². The standard InChI is InChI=1S/C24H21Br2N3O7/c1-36-14-8-6-13(7-9-14)21(30)12-27(22(31)15-4-2-3-5-20(15)29(34)35)28-23(32)16-10-18(25)19(26)11-17(16)24(28)33/h2-9,16-19H,10-12H2,1H3/t16-,17+,18-,19-/m0/s1. The number of imide groups is 1. The highest BCUT2D eigenvalue weighted by Gasteiger charge is 2.55. The van der Waals surface area contributed by atoms with Gasteiger partial charge in [-0.15, -0.1) is 0 Å². The fraction of sp³-hybridized carbons (Fsp3) is 0.333. The van der Waals surface area contributed by atoms with Crippen LogP contribution in [0.2, 0.25) is 0 Å². The van der Waals surface area contributed by atoms with Gasteiger partial charge >= 0.3 is 0 Å². The Balaban J connectivity index is 1.73. The molecule has 188 valence electrons. The summed E-state index contributed by atoms with van der Waals surface area (Å²) in [5.41, 5.74) is -0.618. The molecule has 0 aromatic heterocycles. The van der Waals surface area contributed by atoms with Crippen molar-refractivity contribution in [2.45, 2.75) is 22.5 Å². The maximum Gasteiger partial charge on any atom is 0.282 e. The lowest BCUT2D eigenvalue weighted by molar-refractivity contribution is -0.385. The number of hydrazine groups is 1. The molecule has 10 nitrogen and oxygen atoms in total. The van der Waals surface area contributed by atoms with Gasteiger partial charge in [0.15, 0.2) is 5.78 Å². The molecule has 2 aromatic rings. The topological polar surface area (TPSA) is 127 Å². The van der Waals surface area contributed by atoms with E-state index in [1.54, 1.807) is 12.1 Å². The lowest BCUT2D eigenvalue weighted by Crippen LogP contribution is -2.52. The first-order valence-corrected chi connectivity index (χ1v) is 12.9. The molecule has 0 spiro atoms. The van der Waals surface area contributed by atoms with Gasteiger partial charge in [-0.25, -0.2) is 5.01 Å². The Hall–Kier alpha value is -3.12. The SMILES string of the molecule is COc1ccc(C(=O)CN(C(=O)c2ccccc2[N+](=O)[O-])N2C(=O)[C@H]3C[C@H](Br)[C@@H](Br)C[C@H]3C2=O)cc1. The number of rotatable bonds is 7. The highest BCUT2D eigenvalue weighted by molar-refractivity contribution is 9.12. The largest absolute Gasteiger partial charge is 0.497 e. The number of carbonyl (C=O) groups excluding carboxylic acids is 4. The van der Waals surface area contributed by atoms with Crippen LogP contribution in [-0.4, -0.2) is 61.8 Å². The second-order valence-corrected chi connectivity index (χ2v) is 10.8. The van der Waals surface area contributed by atoms with Gasteiger partial charge in [0.1, 0.15) is 17.9 Å². The fourth-order valence-electron chi connectivity index (χ4n) is 4.51. The van der Waals surface area contributed by atoms with E-state index in [2.05, 4.69) is 31.9 Å². The molecule has 2 fully saturated rings. The van der Waals surface area contributed by atoms with E-state index >= 15 is 0 Å². The lowest BCUT2D eigenvalue weighted by atomic mass is 9.81. The third-order valence-electron chi connectivity index (χ3n) is 6.40. The number of nitrogens with zero attached hydrogens (tertiary/aromatic N) is 3. The smallest absolute Gasteiger partial charge is 0.282 e. The molecule has 1 aliphatic carbocycles. The molecule has 12 heteroatoms. The number of para-hydroxylation sites is 1. The van der Waals surface area contributed by atoms with Crippen molar-refractivity contribution in [3.63, 3.8) is 0 Å². The number of alkyl halides is 2. The number of amides is 3. The molecule has 1 saturated heterocycles. The first-order valence-electron chi connectivity index (χ1n) is 11.0. The minimum Gasteiger partial charge on any atom is -0.497 e. The lowest BCUT2D eigenvalue weighted by Gasteiger charge is -2.30. The van der Waals surface area contributed by atoms with Crippen LogP contribution < -0.4 is 4.74 Å². The van der Waals surface area contributed by atoms with Gasteiger partial charge in [0.05, 0.1) is 23.9 Å². The van der Waals surface area contributed by atoms with Crippen molar-refractivity contribution in [2.75, 3.05) is 13.7 Å². The van der Waals surface area contributed by atoms with E-state index in [-0.39, 0.29) is 20.8 Å². The number of carbonyl (C=O) groups is 4. The summed E-state index contributed by atoms with van der Waals surface area (Å²) >= 11 is 7.04. The van der Waals surface area contributed by atoms with Crippen molar-refractivity contribution in [1.29, 1.82) is 0 Å². The van der Waals surface area contributed by atoms with Crippen molar-refractivity contribution >= 4 is 61.1 Å². The normalized spacial score (nSPS) is 23.2. The van der Waals surface area contributed by atoms with Gasteiger partial charge in [0.25, 0.3) is 23.4 Å². The second kappa shape index (κ2) is 10.5. The van der Waals surface area contributed by atoms with Gasteiger partial charge in [0.2, 0.25) is 0 Å². The van der Waals surface area contributed by atoms with Crippen LogP contribution in [-0.2, 0) is 9.59 Å². The van der Waals surface area contributed by atoms with Crippen LogP contribution in [0, 0.1) is 22.0 Å². The van der Waals surface area contributed by atoms with Gasteiger partial charge in [-0.2, -0.15) is 5.01 Å². The Labute approximate surface area is 222 Å². The molecule has 0 bridgehead atoms. The summed E-state index contributed by atoms with van der Waals surface area (Å²) in [5, 5.41) is 13.0. The molecule has 1 saturated carbocycles. The van der Waals surface area contributed by atoms with Crippen molar-refractivity contribution in [2.24, 2.45) is 11.8 Å². The number of methoxy groups -OCH3 is 1. The molecule has 0 unspecified atom stereocenters. The molecule has 3 amide bonds. The van der Waals surface area contributed by atoms with Crippen LogP contribution in [0.25, 0.3) is 0 Å². The molecular formula is C24H21Br2N3O7. The Morgan fingerprint density at radius 1 is 1.03 bits per heavy atom. The highest BCUT2D eigenvalue weighted by Crippen LogP contribution is 2.44. The number of ketones is 1. The van der Waals surface area contributed by atoms with E-state index in [1.807, 2.05) is 0 Å². The predicted molar refractivity (Wildman–Crippen MR) is 135 cm³/mol. The highest BCUT2D eigenvalue weighted by atomic mass is 79.9. The Morgan fingerprint density at radius 2 is 1.58 bits per heavy atom. The molecule has 4 rings (SSSR count). The van der Waals surface area contributed by atoms with Crippen molar-refractivity contribution < 1.29 is 28.8 Å². The number of ether oxygens (including phenoxy) is 1. The van der Waals surface area contributed by atoms with Crippen molar-refractivity contribution in [1.82, 2.24) is 10.0 Å². The number of nitro groups is 1.